The largest absolute Gasteiger partial charge is 0.0949 e. The Balaban J connectivity index is 1.88. The Morgan fingerprint density at radius 3 is 2.40 bits per heavy atom. The van der Waals surface area contributed by atoms with Gasteiger partial charge in [-0.05, 0) is 66.4 Å². The third-order valence-corrected chi connectivity index (χ3v) is 6.10. The van der Waals surface area contributed by atoms with Gasteiger partial charge in [-0.25, -0.2) is 0 Å². The smallest absolute Gasteiger partial charge is 0.00536 e. The second-order valence-electron chi connectivity index (χ2n) is 8.03. The summed E-state index contributed by atoms with van der Waals surface area (Å²) in [7, 11) is 0. The molecule has 0 spiro atoms. The first-order valence-corrected chi connectivity index (χ1v) is 8.58. The molecule has 110 valence electrons. The Hall–Kier alpha value is -0.780. The van der Waals surface area contributed by atoms with Crippen molar-refractivity contribution in [1.29, 1.82) is 0 Å². The van der Waals surface area contributed by atoms with Crippen LogP contribution >= 0.6 is 0 Å². The molecule has 3 aliphatic rings. The van der Waals surface area contributed by atoms with Gasteiger partial charge in [-0.15, -0.1) is 0 Å². The molecule has 0 aromatic rings. The molecule has 20 heavy (non-hydrogen) atoms. The van der Waals surface area contributed by atoms with E-state index < -0.39 is 0 Å². The van der Waals surface area contributed by atoms with Crippen LogP contribution in [0, 0.1) is 35.5 Å². The van der Waals surface area contributed by atoms with E-state index in [0.29, 0.717) is 11.8 Å². The van der Waals surface area contributed by atoms with Gasteiger partial charge < -0.3 is 0 Å². The summed E-state index contributed by atoms with van der Waals surface area (Å²) in [5, 5.41) is 0. The van der Waals surface area contributed by atoms with Crippen molar-refractivity contribution in [3.63, 3.8) is 0 Å². The fourth-order valence-electron chi connectivity index (χ4n) is 4.90. The van der Waals surface area contributed by atoms with Gasteiger partial charge in [-0.1, -0.05) is 52.0 Å². The molecular formula is C20H30. The minimum atomic E-state index is 0.616. The van der Waals surface area contributed by atoms with Crippen molar-refractivity contribution in [2.75, 3.05) is 0 Å². The molecule has 4 unspecified atom stereocenters. The highest BCUT2D eigenvalue weighted by Gasteiger charge is 2.41. The Morgan fingerprint density at radius 2 is 1.75 bits per heavy atom. The number of fused-ring (bicyclic) bond motifs is 4. The van der Waals surface area contributed by atoms with Crippen molar-refractivity contribution in [2.24, 2.45) is 35.5 Å². The second kappa shape index (κ2) is 5.20. The summed E-state index contributed by atoms with van der Waals surface area (Å²) in [6.07, 6.45) is 10.6. The normalized spacial score (nSPS) is 36.8. The van der Waals surface area contributed by atoms with Gasteiger partial charge in [0.2, 0.25) is 0 Å². The van der Waals surface area contributed by atoms with E-state index in [-0.39, 0.29) is 0 Å². The van der Waals surface area contributed by atoms with Crippen LogP contribution in [0.2, 0.25) is 0 Å². The molecule has 0 N–H and O–H groups in total. The summed E-state index contributed by atoms with van der Waals surface area (Å²) in [5.41, 5.74) is 4.66. The molecule has 0 heteroatoms. The van der Waals surface area contributed by atoms with Crippen LogP contribution in [0.3, 0.4) is 0 Å². The highest BCUT2D eigenvalue weighted by molar-refractivity contribution is 5.46. The average Bonchev–Trinajstić information content (AvgIpc) is 2.39. The third-order valence-electron chi connectivity index (χ3n) is 6.10. The zero-order valence-corrected chi connectivity index (χ0v) is 13.7. The molecule has 2 saturated carbocycles. The monoisotopic (exact) mass is 270 g/mol. The molecule has 0 amide bonds. The summed E-state index contributed by atoms with van der Waals surface area (Å²) in [5.74, 6) is 4.89. The highest BCUT2D eigenvalue weighted by atomic mass is 14.5. The molecule has 2 bridgehead atoms. The van der Waals surface area contributed by atoms with Gasteiger partial charge in [0.05, 0.1) is 0 Å². The lowest BCUT2D eigenvalue weighted by Gasteiger charge is -2.47. The maximum absolute atomic E-state index is 4.47. The minimum Gasteiger partial charge on any atom is -0.0949 e. The number of rotatable bonds is 2. The lowest BCUT2D eigenvalue weighted by atomic mass is 9.57. The maximum atomic E-state index is 4.47. The van der Waals surface area contributed by atoms with E-state index in [2.05, 4.69) is 46.4 Å². The molecule has 0 aromatic carbocycles. The molecule has 0 nitrogen and oxygen atoms in total. The van der Waals surface area contributed by atoms with Crippen molar-refractivity contribution in [3.8, 4) is 0 Å². The summed E-state index contributed by atoms with van der Waals surface area (Å²) in [4.78, 5) is 0. The van der Waals surface area contributed by atoms with Crippen LogP contribution in [0.4, 0.5) is 0 Å². The van der Waals surface area contributed by atoms with Gasteiger partial charge in [0.15, 0.2) is 0 Å². The molecule has 0 heterocycles. The molecular weight excluding hydrogens is 240 g/mol. The summed E-state index contributed by atoms with van der Waals surface area (Å²) in [6, 6.07) is 0. The average molecular weight is 270 g/mol. The van der Waals surface area contributed by atoms with E-state index in [9.17, 15) is 0 Å². The zero-order chi connectivity index (χ0) is 14.4. The van der Waals surface area contributed by atoms with Crippen molar-refractivity contribution in [1.82, 2.24) is 0 Å². The van der Waals surface area contributed by atoms with E-state index in [1.807, 2.05) is 0 Å². The first kappa shape index (κ1) is 14.2. The molecule has 0 aliphatic heterocycles. The number of hydrogen-bond acceptors (Lipinski definition) is 0. The predicted octanol–water partition coefficient (Wildman–Crippen LogP) is 5.77. The molecule has 0 aromatic heterocycles. The molecule has 4 atom stereocenters. The van der Waals surface area contributed by atoms with E-state index in [0.717, 1.165) is 23.7 Å². The minimum absolute atomic E-state index is 0.616. The van der Waals surface area contributed by atoms with Crippen LogP contribution in [-0.2, 0) is 0 Å². The second-order valence-corrected chi connectivity index (χ2v) is 8.03. The summed E-state index contributed by atoms with van der Waals surface area (Å²) < 4.78 is 0. The third kappa shape index (κ3) is 2.32. The van der Waals surface area contributed by atoms with E-state index in [1.165, 1.54) is 36.8 Å². The van der Waals surface area contributed by atoms with E-state index >= 15 is 0 Å². The standard InChI is InChI=1S/C20H30/c1-12(2)16-8-15-9-17(11-16)19-7-6-18(13(3)4)14(5)20(19)10-15/h6-7,12-13,15-17,20H,5,8-11H2,1-4H3. The van der Waals surface area contributed by atoms with Gasteiger partial charge in [-0.3, -0.25) is 0 Å². The molecule has 2 fully saturated rings. The van der Waals surface area contributed by atoms with Crippen LogP contribution in [0.1, 0.15) is 53.4 Å². The van der Waals surface area contributed by atoms with Crippen LogP contribution < -0.4 is 0 Å². The maximum Gasteiger partial charge on any atom is 0.00536 e. The van der Waals surface area contributed by atoms with Gasteiger partial charge in [0, 0.05) is 5.92 Å². The lowest BCUT2D eigenvalue weighted by Crippen LogP contribution is -2.36. The molecule has 0 saturated heterocycles. The van der Waals surface area contributed by atoms with Gasteiger partial charge in [0.1, 0.15) is 0 Å². The Kier molecular flexibility index (Phi) is 3.69. The SMILES string of the molecule is C=C1C(C(C)C)=CC=C2C3CC(CC12)CC(C(C)C)C3. The van der Waals surface area contributed by atoms with Crippen LogP contribution in [-0.4, -0.2) is 0 Å². The zero-order valence-electron chi connectivity index (χ0n) is 13.7. The topological polar surface area (TPSA) is 0 Å². The van der Waals surface area contributed by atoms with Crippen molar-refractivity contribution < 1.29 is 0 Å². The molecule has 0 radical (unpaired) electrons. The lowest BCUT2D eigenvalue weighted by molar-refractivity contribution is 0.128. The first-order chi connectivity index (χ1) is 9.47. The van der Waals surface area contributed by atoms with Crippen molar-refractivity contribution in [2.45, 2.75) is 53.4 Å². The van der Waals surface area contributed by atoms with Crippen molar-refractivity contribution in [3.05, 3.63) is 35.5 Å². The van der Waals surface area contributed by atoms with Gasteiger partial charge >= 0.3 is 0 Å². The number of hydrogen-bond donors (Lipinski definition) is 0. The fraction of sp³-hybridized carbons (Fsp3) is 0.700. The Bertz CT molecular complexity index is 460. The quantitative estimate of drug-likeness (QED) is 0.597. The fourth-order valence-corrected chi connectivity index (χ4v) is 4.90. The molecule has 3 aliphatic carbocycles. The van der Waals surface area contributed by atoms with E-state index in [1.54, 1.807) is 5.57 Å². The Labute approximate surface area is 125 Å². The van der Waals surface area contributed by atoms with Gasteiger partial charge in [0.25, 0.3) is 0 Å². The number of allylic oxidation sites excluding steroid dienone is 5. The Morgan fingerprint density at radius 1 is 1.00 bits per heavy atom. The summed E-state index contributed by atoms with van der Waals surface area (Å²) >= 11 is 0. The van der Waals surface area contributed by atoms with Crippen molar-refractivity contribution >= 4 is 0 Å². The predicted molar refractivity (Wildman–Crippen MR) is 87.4 cm³/mol. The van der Waals surface area contributed by atoms with Gasteiger partial charge in [-0.2, -0.15) is 0 Å². The van der Waals surface area contributed by atoms with Crippen LogP contribution in [0.5, 0.6) is 0 Å². The first-order valence-electron chi connectivity index (χ1n) is 8.58. The molecule has 3 rings (SSSR count). The highest BCUT2D eigenvalue weighted by Crippen LogP contribution is 2.53. The van der Waals surface area contributed by atoms with Crippen LogP contribution in [0.15, 0.2) is 35.5 Å². The van der Waals surface area contributed by atoms with Crippen LogP contribution in [0.25, 0.3) is 0 Å². The van der Waals surface area contributed by atoms with E-state index in [4.69, 9.17) is 0 Å². The summed E-state index contributed by atoms with van der Waals surface area (Å²) in [6.45, 7) is 13.9.